The lowest BCUT2D eigenvalue weighted by molar-refractivity contribution is -0.386. The minimum absolute atomic E-state index is 0.181. The Bertz CT molecular complexity index is 528. The standard InChI is InChI=1S/C11H12N2O6/c1-2-8(10(12)14)19-9-5-6(11(15)16)3-4-7(9)13(17)18/h3-5,8H,2H2,1H3,(H2,12,14)(H,15,16). The Morgan fingerprint density at radius 1 is 1.53 bits per heavy atom. The van der Waals surface area contributed by atoms with E-state index in [-0.39, 0.29) is 17.7 Å². The van der Waals surface area contributed by atoms with E-state index in [0.717, 1.165) is 18.2 Å². The average Bonchev–Trinajstić information content (AvgIpc) is 2.34. The van der Waals surface area contributed by atoms with Crippen molar-refractivity contribution in [2.75, 3.05) is 0 Å². The molecule has 1 rings (SSSR count). The molecule has 0 bridgehead atoms. The molecule has 3 N–H and O–H groups in total. The lowest BCUT2D eigenvalue weighted by atomic mass is 10.2. The number of ether oxygens (including phenoxy) is 1. The van der Waals surface area contributed by atoms with Gasteiger partial charge in [-0.15, -0.1) is 0 Å². The molecule has 1 aromatic carbocycles. The topological polar surface area (TPSA) is 133 Å². The predicted molar refractivity (Wildman–Crippen MR) is 64.0 cm³/mol. The zero-order valence-electron chi connectivity index (χ0n) is 10.0. The number of amides is 1. The molecule has 8 nitrogen and oxygen atoms in total. The van der Waals surface area contributed by atoms with Crippen molar-refractivity contribution in [3.63, 3.8) is 0 Å². The van der Waals surface area contributed by atoms with Crippen molar-refractivity contribution < 1.29 is 24.4 Å². The third-order valence-corrected chi connectivity index (χ3v) is 2.36. The zero-order chi connectivity index (χ0) is 14.6. The molecule has 0 radical (unpaired) electrons. The van der Waals surface area contributed by atoms with Crippen LogP contribution in [0.2, 0.25) is 0 Å². The van der Waals surface area contributed by atoms with Gasteiger partial charge in [-0.25, -0.2) is 4.79 Å². The van der Waals surface area contributed by atoms with Crippen molar-refractivity contribution in [2.24, 2.45) is 5.73 Å². The summed E-state index contributed by atoms with van der Waals surface area (Å²) >= 11 is 0. The molecule has 1 atom stereocenters. The molecule has 0 spiro atoms. The fourth-order valence-electron chi connectivity index (χ4n) is 1.39. The van der Waals surface area contributed by atoms with Gasteiger partial charge in [-0.3, -0.25) is 14.9 Å². The molecule has 8 heteroatoms. The Hall–Kier alpha value is -2.64. The van der Waals surface area contributed by atoms with Gasteiger partial charge in [0.2, 0.25) is 0 Å². The van der Waals surface area contributed by atoms with Crippen molar-refractivity contribution in [3.05, 3.63) is 33.9 Å². The van der Waals surface area contributed by atoms with Crippen LogP contribution in [0.15, 0.2) is 18.2 Å². The van der Waals surface area contributed by atoms with Crippen LogP contribution in [0.25, 0.3) is 0 Å². The molecule has 1 unspecified atom stereocenters. The van der Waals surface area contributed by atoms with Crippen molar-refractivity contribution in [1.29, 1.82) is 0 Å². The maximum Gasteiger partial charge on any atom is 0.335 e. The molecule has 0 fully saturated rings. The second-order valence-corrected chi connectivity index (χ2v) is 3.66. The third kappa shape index (κ3) is 3.41. The van der Waals surface area contributed by atoms with Crippen LogP contribution in [-0.2, 0) is 4.79 Å². The lowest BCUT2D eigenvalue weighted by Gasteiger charge is -2.14. The summed E-state index contributed by atoms with van der Waals surface area (Å²) in [4.78, 5) is 31.9. The summed E-state index contributed by atoms with van der Waals surface area (Å²) in [5.41, 5.74) is 4.46. The number of nitrogens with zero attached hydrogens (tertiary/aromatic N) is 1. The minimum Gasteiger partial charge on any atom is -0.478 e. The van der Waals surface area contributed by atoms with Crippen LogP contribution in [0.5, 0.6) is 5.75 Å². The Kier molecular flexibility index (Phi) is 4.41. The zero-order valence-corrected chi connectivity index (χ0v) is 10.0. The Labute approximate surface area is 107 Å². The van der Waals surface area contributed by atoms with Crippen LogP contribution in [0.3, 0.4) is 0 Å². The van der Waals surface area contributed by atoms with Gasteiger partial charge in [0.05, 0.1) is 10.5 Å². The number of carbonyl (C=O) groups is 2. The molecule has 0 saturated carbocycles. The Morgan fingerprint density at radius 3 is 2.58 bits per heavy atom. The smallest absolute Gasteiger partial charge is 0.335 e. The van der Waals surface area contributed by atoms with E-state index in [9.17, 15) is 19.7 Å². The Morgan fingerprint density at radius 2 is 2.16 bits per heavy atom. The highest BCUT2D eigenvalue weighted by Crippen LogP contribution is 2.29. The van der Waals surface area contributed by atoms with Gasteiger partial charge >= 0.3 is 11.7 Å². The number of nitro benzene ring substituents is 1. The van der Waals surface area contributed by atoms with Crippen molar-refractivity contribution >= 4 is 17.6 Å². The molecule has 0 aliphatic heterocycles. The van der Waals surface area contributed by atoms with E-state index in [1.165, 1.54) is 0 Å². The molecule has 1 aromatic rings. The van der Waals surface area contributed by atoms with Crippen LogP contribution < -0.4 is 10.5 Å². The molecule has 1 amide bonds. The maximum absolute atomic E-state index is 11.0. The van der Waals surface area contributed by atoms with Gasteiger partial charge in [0.1, 0.15) is 0 Å². The SMILES string of the molecule is CCC(Oc1cc(C(=O)O)ccc1[N+](=O)[O-])C(N)=O. The van der Waals surface area contributed by atoms with E-state index in [1.54, 1.807) is 6.92 Å². The van der Waals surface area contributed by atoms with E-state index < -0.39 is 28.6 Å². The monoisotopic (exact) mass is 268 g/mol. The second-order valence-electron chi connectivity index (χ2n) is 3.66. The van der Waals surface area contributed by atoms with Gasteiger partial charge < -0.3 is 15.6 Å². The highest BCUT2D eigenvalue weighted by molar-refractivity contribution is 5.88. The first-order valence-corrected chi connectivity index (χ1v) is 5.34. The van der Waals surface area contributed by atoms with Gasteiger partial charge in [-0.05, 0) is 12.5 Å². The number of carboxylic acid groups (broad SMARTS) is 1. The molecular weight excluding hydrogens is 256 g/mol. The quantitative estimate of drug-likeness (QED) is 0.582. The maximum atomic E-state index is 11.0. The molecule has 19 heavy (non-hydrogen) atoms. The largest absolute Gasteiger partial charge is 0.478 e. The molecule has 102 valence electrons. The normalized spacial score (nSPS) is 11.6. The highest BCUT2D eigenvalue weighted by atomic mass is 16.6. The number of nitrogens with two attached hydrogens (primary N) is 1. The predicted octanol–water partition coefficient (Wildman–Crippen LogP) is 0.936. The fraction of sp³-hybridized carbons (Fsp3) is 0.273. The fourth-order valence-corrected chi connectivity index (χ4v) is 1.39. The van der Waals surface area contributed by atoms with Crippen LogP contribution >= 0.6 is 0 Å². The van der Waals surface area contributed by atoms with Crippen LogP contribution in [-0.4, -0.2) is 28.0 Å². The number of carbonyl (C=O) groups excluding carboxylic acids is 1. The first-order chi connectivity index (χ1) is 8.86. The van der Waals surface area contributed by atoms with Crippen LogP contribution in [0.4, 0.5) is 5.69 Å². The summed E-state index contributed by atoms with van der Waals surface area (Å²) in [6.45, 7) is 1.61. The molecular formula is C11H12N2O6. The summed E-state index contributed by atoms with van der Waals surface area (Å²) < 4.78 is 5.13. The number of nitro groups is 1. The summed E-state index contributed by atoms with van der Waals surface area (Å²) in [5.74, 6) is -2.33. The molecule has 0 aromatic heterocycles. The lowest BCUT2D eigenvalue weighted by Crippen LogP contribution is -2.33. The van der Waals surface area contributed by atoms with E-state index in [2.05, 4.69) is 0 Å². The number of aromatic carboxylic acids is 1. The number of benzene rings is 1. The van der Waals surface area contributed by atoms with E-state index in [1.807, 2.05) is 0 Å². The van der Waals surface area contributed by atoms with Gasteiger partial charge in [0, 0.05) is 12.1 Å². The average molecular weight is 268 g/mol. The summed E-state index contributed by atoms with van der Waals surface area (Å²) in [7, 11) is 0. The summed E-state index contributed by atoms with van der Waals surface area (Å²) in [5, 5.41) is 19.6. The van der Waals surface area contributed by atoms with Gasteiger partial charge in [0.15, 0.2) is 11.9 Å². The van der Waals surface area contributed by atoms with Gasteiger partial charge in [-0.2, -0.15) is 0 Å². The minimum atomic E-state index is -1.26. The number of rotatable bonds is 6. The first-order valence-electron chi connectivity index (χ1n) is 5.34. The van der Waals surface area contributed by atoms with E-state index in [0.29, 0.717) is 0 Å². The number of carboxylic acids is 1. The molecule has 0 saturated heterocycles. The molecule has 0 aliphatic rings. The second kappa shape index (κ2) is 5.80. The molecule has 0 aliphatic carbocycles. The number of hydrogen-bond donors (Lipinski definition) is 2. The summed E-state index contributed by atoms with van der Waals surface area (Å²) in [6.07, 6.45) is -0.841. The summed E-state index contributed by atoms with van der Waals surface area (Å²) in [6, 6.07) is 3.08. The van der Waals surface area contributed by atoms with Crippen LogP contribution in [0, 0.1) is 10.1 Å². The van der Waals surface area contributed by atoms with Gasteiger partial charge in [0.25, 0.3) is 5.91 Å². The van der Waals surface area contributed by atoms with E-state index >= 15 is 0 Å². The number of hydrogen-bond acceptors (Lipinski definition) is 5. The first kappa shape index (κ1) is 14.4. The number of primary amides is 1. The van der Waals surface area contributed by atoms with Crippen molar-refractivity contribution in [3.8, 4) is 5.75 Å². The van der Waals surface area contributed by atoms with Crippen molar-refractivity contribution in [1.82, 2.24) is 0 Å². The van der Waals surface area contributed by atoms with E-state index in [4.69, 9.17) is 15.6 Å². The van der Waals surface area contributed by atoms with Gasteiger partial charge in [-0.1, -0.05) is 6.92 Å². The van der Waals surface area contributed by atoms with Crippen LogP contribution in [0.1, 0.15) is 23.7 Å². The third-order valence-electron chi connectivity index (χ3n) is 2.36. The molecule has 0 heterocycles. The highest BCUT2D eigenvalue weighted by Gasteiger charge is 2.23. The van der Waals surface area contributed by atoms with Crippen molar-refractivity contribution in [2.45, 2.75) is 19.4 Å². The Balaban J connectivity index is 3.21.